The summed E-state index contributed by atoms with van der Waals surface area (Å²) < 4.78 is 12.1. The van der Waals surface area contributed by atoms with Crippen LogP contribution >= 0.6 is 15.9 Å². The Morgan fingerprint density at radius 3 is 2.58 bits per heavy atom. The molecular formula is C20H21BrO3. The van der Waals surface area contributed by atoms with E-state index in [2.05, 4.69) is 22.9 Å². The maximum Gasteiger partial charge on any atom is 0.345 e. The highest BCUT2D eigenvalue weighted by Crippen LogP contribution is 2.19. The Morgan fingerprint density at radius 2 is 1.92 bits per heavy atom. The number of esters is 1. The minimum absolute atomic E-state index is 0.224. The molecule has 24 heavy (non-hydrogen) atoms. The van der Waals surface area contributed by atoms with Crippen LogP contribution in [-0.2, 0) is 4.74 Å². The molecule has 126 valence electrons. The number of rotatable bonds is 7. The van der Waals surface area contributed by atoms with Crippen molar-refractivity contribution >= 4 is 21.9 Å². The van der Waals surface area contributed by atoms with Gasteiger partial charge >= 0.3 is 5.97 Å². The second kappa shape index (κ2) is 9.28. The van der Waals surface area contributed by atoms with Gasteiger partial charge in [0.1, 0.15) is 5.75 Å². The highest BCUT2D eigenvalue weighted by molar-refractivity contribution is 9.10. The first kappa shape index (κ1) is 18.3. The Bertz CT molecular complexity index is 705. The number of benzene rings is 2. The second-order valence-electron chi connectivity index (χ2n) is 5.48. The van der Waals surface area contributed by atoms with Crippen LogP contribution in [-0.4, -0.2) is 5.97 Å². The van der Waals surface area contributed by atoms with Crippen LogP contribution in [0.3, 0.4) is 0 Å². The van der Waals surface area contributed by atoms with Gasteiger partial charge in [-0.3, -0.25) is 0 Å². The minimum Gasteiger partial charge on any atom is -0.426 e. The minimum atomic E-state index is -0.432. The van der Waals surface area contributed by atoms with Crippen LogP contribution in [0.4, 0.5) is 0 Å². The zero-order chi connectivity index (χ0) is 17.4. The molecule has 4 heteroatoms. The summed E-state index contributed by atoms with van der Waals surface area (Å²) in [7, 11) is 0. The fraction of sp³-hybridized carbons (Fsp3) is 0.250. The molecule has 0 aliphatic heterocycles. The quantitative estimate of drug-likeness (QED) is 0.330. The summed E-state index contributed by atoms with van der Waals surface area (Å²) in [5.74, 6) is 0.446. The van der Waals surface area contributed by atoms with Gasteiger partial charge in [0.15, 0.2) is 0 Å². The van der Waals surface area contributed by atoms with Crippen LogP contribution in [0.15, 0.2) is 65.0 Å². The molecule has 2 aromatic rings. The molecule has 0 N–H and O–H groups in total. The Morgan fingerprint density at radius 1 is 1.17 bits per heavy atom. The van der Waals surface area contributed by atoms with Crippen molar-refractivity contribution in [2.45, 2.75) is 33.1 Å². The van der Waals surface area contributed by atoms with Crippen LogP contribution in [0.25, 0.3) is 0 Å². The molecule has 3 nitrogen and oxygen atoms in total. The summed E-state index contributed by atoms with van der Waals surface area (Å²) in [5, 5.41) is 0. The van der Waals surface area contributed by atoms with E-state index >= 15 is 0 Å². The zero-order valence-corrected chi connectivity index (χ0v) is 15.5. The smallest absolute Gasteiger partial charge is 0.345 e. The number of carbonyl (C=O) groups is 1. The predicted octanol–water partition coefficient (Wildman–Crippen LogP) is 6.02. The Labute approximate surface area is 151 Å². The van der Waals surface area contributed by atoms with E-state index in [1.807, 2.05) is 37.3 Å². The Balaban J connectivity index is 2.12. The fourth-order valence-corrected chi connectivity index (χ4v) is 2.32. The van der Waals surface area contributed by atoms with Gasteiger partial charge in [-0.25, -0.2) is 4.79 Å². The van der Waals surface area contributed by atoms with E-state index in [-0.39, 0.29) is 5.95 Å². The van der Waals surface area contributed by atoms with Gasteiger partial charge in [-0.15, -0.1) is 0 Å². The van der Waals surface area contributed by atoms with E-state index in [0.717, 1.165) is 29.3 Å². The lowest BCUT2D eigenvalue weighted by Crippen LogP contribution is -2.09. The first-order valence-corrected chi connectivity index (χ1v) is 8.80. The largest absolute Gasteiger partial charge is 0.426 e. The molecule has 0 heterocycles. The first-order valence-electron chi connectivity index (χ1n) is 8.01. The number of hydrogen-bond donors (Lipinski definition) is 0. The fourth-order valence-electron chi connectivity index (χ4n) is 2.06. The van der Waals surface area contributed by atoms with Crippen LogP contribution < -0.4 is 4.74 Å². The highest BCUT2D eigenvalue weighted by atomic mass is 79.9. The van der Waals surface area contributed by atoms with Gasteiger partial charge in [0.25, 0.3) is 5.95 Å². The zero-order valence-electron chi connectivity index (χ0n) is 13.9. The summed E-state index contributed by atoms with van der Waals surface area (Å²) in [6, 6.07) is 14.7. The third-order valence-corrected chi connectivity index (χ3v) is 3.88. The van der Waals surface area contributed by atoms with E-state index in [1.165, 1.54) is 0 Å². The van der Waals surface area contributed by atoms with Crippen LogP contribution in [0, 0.1) is 6.92 Å². The summed E-state index contributed by atoms with van der Waals surface area (Å²) >= 11 is 3.35. The normalized spacial score (nSPS) is 11.2. The van der Waals surface area contributed by atoms with Gasteiger partial charge in [-0.2, -0.15) is 0 Å². The molecule has 0 radical (unpaired) electrons. The van der Waals surface area contributed by atoms with E-state index in [0.29, 0.717) is 11.3 Å². The van der Waals surface area contributed by atoms with Crippen LogP contribution in [0.2, 0.25) is 0 Å². The Kier molecular flexibility index (Phi) is 7.07. The number of halogens is 1. The van der Waals surface area contributed by atoms with E-state index < -0.39 is 5.97 Å². The van der Waals surface area contributed by atoms with Gasteiger partial charge in [0.05, 0.1) is 5.56 Å². The highest BCUT2D eigenvalue weighted by Gasteiger charge is 2.12. The van der Waals surface area contributed by atoms with E-state index in [4.69, 9.17) is 9.47 Å². The maximum atomic E-state index is 12.3. The summed E-state index contributed by atoms with van der Waals surface area (Å²) in [6.07, 6.45) is 4.69. The summed E-state index contributed by atoms with van der Waals surface area (Å²) in [5.41, 5.74) is 1.56. The van der Waals surface area contributed by atoms with E-state index in [9.17, 15) is 4.79 Å². The van der Waals surface area contributed by atoms with Crippen molar-refractivity contribution in [2.24, 2.45) is 0 Å². The SMILES string of the molecule is CCCC/C=C(\OC(=O)c1ccc(Br)cc1)Oc1cccc(C)c1. The molecule has 0 aromatic heterocycles. The second-order valence-corrected chi connectivity index (χ2v) is 6.40. The molecule has 0 aliphatic rings. The van der Waals surface area contributed by atoms with Crippen molar-refractivity contribution in [3.8, 4) is 5.75 Å². The van der Waals surface area contributed by atoms with E-state index in [1.54, 1.807) is 24.3 Å². The van der Waals surface area contributed by atoms with Crippen molar-refractivity contribution < 1.29 is 14.3 Å². The summed E-state index contributed by atoms with van der Waals surface area (Å²) in [6.45, 7) is 4.10. The van der Waals surface area contributed by atoms with Crippen LogP contribution in [0.5, 0.6) is 5.75 Å². The van der Waals surface area contributed by atoms with Gasteiger partial charge in [-0.05, 0) is 67.8 Å². The third kappa shape index (κ3) is 5.85. The molecular weight excluding hydrogens is 368 g/mol. The molecule has 0 bridgehead atoms. The number of carbonyl (C=O) groups excluding carboxylic acids is 1. The van der Waals surface area contributed by atoms with Crippen molar-refractivity contribution in [1.82, 2.24) is 0 Å². The molecule has 0 saturated heterocycles. The lowest BCUT2D eigenvalue weighted by Gasteiger charge is -2.11. The predicted molar refractivity (Wildman–Crippen MR) is 99.0 cm³/mol. The number of hydrogen-bond acceptors (Lipinski definition) is 3. The molecule has 0 atom stereocenters. The molecule has 2 rings (SSSR count). The van der Waals surface area contributed by atoms with Gasteiger partial charge in [0.2, 0.25) is 0 Å². The average molecular weight is 389 g/mol. The molecule has 0 saturated carbocycles. The lowest BCUT2D eigenvalue weighted by atomic mass is 10.2. The molecule has 0 spiro atoms. The summed E-state index contributed by atoms with van der Waals surface area (Å²) in [4.78, 5) is 12.3. The standard InChI is InChI=1S/C20H21BrO3/c1-3-4-5-9-19(23-18-8-6-7-15(2)14-18)24-20(22)16-10-12-17(21)13-11-16/h6-14H,3-5H2,1-2H3/b19-9-. The first-order chi connectivity index (χ1) is 11.6. The van der Waals surface area contributed by atoms with Crippen molar-refractivity contribution in [3.63, 3.8) is 0 Å². The molecule has 0 unspecified atom stereocenters. The molecule has 0 amide bonds. The van der Waals surface area contributed by atoms with Crippen molar-refractivity contribution in [3.05, 3.63) is 76.2 Å². The average Bonchev–Trinajstić information content (AvgIpc) is 2.55. The monoisotopic (exact) mass is 388 g/mol. The topological polar surface area (TPSA) is 35.5 Å². The molecule has 0 aliphatic carbocycles. The number of ether oxygens (including phenoxy) is 2. The van der Waals surface area contributed by atoms with Gasteiger partial charge < -0.3 is 9.47 Å². The number of allylic oxidation sites excluding steroid dienone is 1. The van der Waals surface area contributed by atoms with Crippen molar-refractivity contribution in [1.29, 1.82) is 0 Å². The van der Waals surface area contributed by atoms with Gasteiger partial charge in [0, 0.05) is 4.47 Å². The number of aryl methyl sites for hydroxylation is 1. The lowest BCUT2D eigenvalue weighted by molar-refractivity contribution is 0.0474. The third-order valence-electron chi connectivity index (χ3n) is 3.35. The Hall–Kier alpha value is -2.07. The maximum absolute atomic E-state index is 12.3. The molecule has 0 fully saturated rings. The van der Waals surface area contributed by atoms with Crippen LogP contribution in [0.1, 0.15) is 42.1 Å². The van der Waals surface area contributed by atoms with Crippen molar-refractivity contribution in [2.75, 3.05) is 0 Å². The molecule has 2 aromatic carbocycles. The van der Waals surface area contributed by atoms with Gasteiger partial charge in [-0.1, -0.05) is 41.4 Å². The number of unbranched alkanes of at least 4 members (excludes halogenated alkanes) is 2.